The molecule has 4 rings (SSSR count). The van der Waals surface area contributed by atoms with Gasteiger partial charge in [-0.05, 0) is 55.5 Å². The number of carbonyl (C=O) groups excluding carboxylic acids is 1. The number of hydrogen-bond donors (Lipinski definition) is 1. The zero-order valence-electron chi connectivity index (χ0n) is 17.6. The Morgan fingerprint density at radius 3 is 2.68 bits per heavy atom. The molecule has 1 aromatic carbocycles. The number of hydrogen-bond acceptors (Lipinski definition) is 6. The molecule has 2 aromatic heterocycles. The van der Waals surface area contributed by atoms with Gasteiger partial charge in [0.25, 0.3) is 5.89 Å². The molecule has 0 unspecified atom stereocenters. The third-order valence-electron chi connectivity index (χ3n) is 5.64. The van der Waals surface area contributed by atoms with Crippen LogP contribution >= 0.6 is 0 Å². The molecule has 1 amide bonds. The molecule has 1 saturated heterocycles. The molecule has 0 spiro atoms. The second-order valence-corrected chi connectivity index (χ2v) is 7.81. The molecule has 3 aromatic rings. The van der Waals surface area contributed by atoms with Gasteiger partial charge < -0.3 is 19.1 Å². The maximum atomic E-state index is 12.7. The van der Waals surface area contributed by atoms with Gasteiger partial charge in [-0.3, -0.25) is 4.79 Å². The van der Waals surface area contributed by atoms with Crippen molar-refractivity contribution in [1.82, 2.24) is 4.98 Å². The molecule has 0 bridgehead atoms. The normalized spacial score (nSPS) is 14.4. The van der Waals surface area contributed by atoms with Gasteiger partial charge >= 0.3 is 0 Å². The largest absolute Gasteiger partial charge is 0.459 e. The van der Waals surface area contributed by atoms with Crippen molar-refractivity contribution in [1.29, 1.82) is 5.26 Å². The van der Waals surface area contributed by atoms with Gasteiger partial charge in [-0.15, -0.1) is 0 Å². The summed E-state index contributed by atoms with van der Waals surface area (Å²) in [5, 5.41) is 12.5. The monoisotopic (exact) mass is 418 g/mol. The van der Waals surface area contributed by atoms with E-state index in [2.05, 4.69) is 35.4 Å². The summed E-state index contributed by atoms with van der Waals surface area (Å²) in [5.41, 5.74) is 2.36. The van der Waals surface area contributed by atoms with Crippen molar-refractivity contribution in [3.63, 3.8) is 0 Å². The highest BCUT2D eigenvalue weighted by molar-refractivity contribution is 5.92. The molecule has 7 nitrogen and oxygen atoms in total. The van der Waals surface area contributed by atoms with Gasteiger partial charge in [0.1, 0.15) is 6.07 Å². The molecule has 3 heterocycles. The SMILES string of the molecule is CCCCc1ccc(NC(=O)C2CCN(c3oc(-c4ccco4)nc3C#N)CC2)cc1. The zero-order valence-corrected chi connectivity index (χ0v) is 17.6. The predicted octanol–water partition coefficient (Wildman–Crippen LogP) is 5.00. The molecule has 1 N–H and O–H groups in total. The number of anilines is 2. The van der Waals surface area contributed by atoms with Crippen LogP contribution in [-0.2, 0) is 11.2 Å². The molecule has 0 atom stereocenters. The number of amides is 1. The number of aryl methyl sites for hydroxylation is 1. The fraction of sp³-hybridized carbons (Fsp3) is 0.375. The Morgan fingerprint density at radius 1 is 1.26 bits per heavy atom. The minimum atomic E-state index is -0.0750. The maximum Gasteiger partial charge on any atom is 0.266 e. The van der Waals surface area contributed by atoms with Crippen LogP contribution < -0.4 is 10.2 Å². The van der Waals surface area contributed by atoms with E-state index in [-0.39, 0.29) is 17.5 Å². The van der Waals surface area contributed by atoms with Crippen LogP contribution in [0.15, 0.2) is 51.5 Å². The quantitative estimate of drug-likeness (QED) is 0.580. The molecular weight excluding hydrogens is 392 g/mol. The lowest BCUT2D eigenvalue weighted by Gasteiger charge is -2.30. The van der Waals surface area contributed by atoms with Crippen molar-refractivity contribution in [2.75, 3.05) is 23.3 Å². The smallest absolute Gasteiger partial charge is 0.266 e. The first-order valence-corrected chi connectivity index (χ1v) is 10.8. The van der Waals surface area contributed by atoms with Crippen LogP contribution in [0.4, 0.5) is 11.6 Å². The van der Waals surface area contributed by atoms with E-state index in [4.69, 9.17) is 8.83 Å². The molecule has 0 aliphatic carbocycles. The fourth-order valence-electron chi connectivity index (χ4n) is 3.83. The Bertz CT molecular complexity index is 1040. The Hall–Kier alpha value is -3.53. The number of carbonyl (C=O) groups is 1. The molecule has 1 fully saturated rings. The van der Waals surface area contributed by atoms with Crippen LogP contribution in [0, 0.1) is 17.2 Å². The first-order chi connectivity index (χ1) is 15.2. The van der Waals surface area contributed by atoms with E-state index in [0.29, 0.717) is 43.5 Å². The third-order valence-corrected chi connectivity index (χ3v) is 5.64. The number of rotatable bonds is 7. The van der Waals surface area contributed by atoms with Crippen LogP contribution in [-0.4, -0.2) is 24.0 Å². The summed E-state index contributed by atoms with van der Waals surface area (Å²) >= 11 is 0. The van der Waals surface area contributed by atoms with Crippen molar-refractivity contribution in [3.05, 3.63) is 53.9 Å². The first kappa shape index (κ1) is 20.7. The number of furan rings is 1. The van der Waals surface area contributed by atoms with Gasteiger partial charge in [0.05, 0.1) is 6.26 Å². The molecular formula is C24H26N4O3. The highest BCUT2D eigenvalue weighted by Gasteiger charge is 2.29. The van der Waals surface area contributed by atoms with E-state index in [1.165, 1.54) is 24.7 Å². The average molecular weight is 418 g/mol. The van der Waals surface area contributed by atoms with E-state index in [9.17, 15) is 10.1 Å². The second-order valence-electron chi connectivity index (χ2n) is 7.81. The average Bonchev–Trinajstić information content (AvgIpc) is 3.48. The summed E-state index contributed by atoms with van der Waals surface area (Å²) in [6.07, 6.45) is 6.31. The van der Waals surface area contributed by atoms with Crippen molar-refractivity contribution in [2.24, 2.45) is 5.92 Å². The summed E-state index contributed by atoms with van der Waals surface area (Å²) in [4.78, 5) is 18.9. The van der Waals surface area contributed by atoms with E-state index in [1.54, 1.807) is 12.1 Å². The number of nitrogens with one attached hydrogen (secondary N) is 1. The highest BCUT2D eigenvalue weighted by Crippen LogP contribution is 2.31. The molecule has 31 heavy (non-hydrogen) atoms. The predicted molar refractivity (Wildman–Crippen MR) is 118 cm³/mol. The molecule has 160 valence electrons. The number of unbranched alkanes of at least 4 members (excludes halogenated alkanes) is 1. The molecule has 1 aliphatic heterocycles. The number of oxazole rings is 1. The minimum Gasteiger partial charge on any atom is -0.459 e. The van der Waals surface area contributed by atoms with Gasteiger partial charge in [-0.1, -0.05) is 25.5 Å². The lowest BCUT2D eigenvalue weighted by atomic mass is 9.95. The van der Waals surface area contributed by atoms with Crippen LogP contribution in [0.2, 0.25) is 0 Å². The van der Waals surface area contributed by atoms with Crippen molar-refractivity contribution in [3.8, 4) is 17.7 Å². The number of nitrogens with zero attached hydrogens (tertiary/aromatic N) is 3. The lowest BCUT2D eigenvalue weighted by Crippen LogP contribution is -2.38. The van der Waals surface area contributed by atoms with Gasteiger partial charge in [-0.2, -0.15) is 10.2 Å². The van der Waals surface area contributed by atoms with Crippen LogP contribution in [0.25, 0.3) is 11.7 Å². The third kappa shape index (κ3) is 4.80. The van der Waals surface area contributed by atoms with Gasteiger partial charge in [0, 0.05) is 24.7 Å². The molecule has 1 aliphatic rings. The minimum absolute atomic E-state index is 0.0373. The van der Waals surface area contributed by atoms with Crippen LogP contribution in [0.3, 0.4) is 0 Å². The Labute approximate surface area is 181 Å². The molecule has 0 radical (unpaired) electrons. The van der Waals surface area contributed by atoms with Gasteiger partial charge in [0.2, 0.25) is 17.5 Å². The topological polar surface area (TPSA) is 95.3 Å². The Kier molecular flexibility index (Phi) is 6.37. The Balaban J connectivity index is 1.34. The number of piperidine rings is 1. The zero-order chi connectivity index (χ0) is 21.6. The molecule has 7 heteroatoms. The lowest BCUT2D eigenvalue weighted by molar-refractivity contribution is -0.120. The summed E-state index contributed by atoms with van der Waals surface area (Å²) in [7, 11) is 0. The van der Waals surface area contributed by atoms with E-state index < -0.39 is 0 Å². The summed E-state index contributed by atoms with van der Waals surface area (Å²) in [6, 6.07) is 13.7. The summed E-state index contributed by atoms with van der Waals surface area (Å²) in [5.74, 6) is 1.18. The fourth-order valence-corrected chi connectivity index (χ4v) is 3.83. The van der Waals surface area contributed by atoms with Crippen molar-refractivity contribution in [2.45, 2.75) is 39.0 Å². The number of aromatic nitrogens is 1. The van der Waals surface area contributed by atoms with Crippen LogP contribution in [0.5, 0.6) is 0 Å². The van der Waals surface area contributed by atoms with E-state index >= 15 is 0 Å². The second kappa shape index (κ2) is 9.52. The van der Waals surface area contributed by atoms with Gasteiger partial charge in [0.15, 0.2) is 5.76 Å². The standard InChI is InChI=1S/C24H26N4O3/c1-2-3-5-17-7-9-19(10-8-17)26-22(29)18-11-13-28(14-12-18)24-20(16-25)27-23(31-24)21-6-4-15-30-21/h4,6-10,15,18H,2-3,5,11-14H2,1H3,(H,26,29). The van der Waals surface area contributed by atoms with Crippen molar-refractivity contribution < 1.29 is 13.6 Å². The van der Waals surface area contributed by atoms with E-state index in [1.807, 2.05) is 17.0 Å². The van der Waals surface area contributed by atoms with Crippen molar-refractivity contribution >= 4 is 17.5 Å². The van der Waals surface area contributed by atoms with Crippen LogP contribution in [0.1, 0.15) is 43.9 Å². The Morgan fingerprint density at radius 2 is 2.03 bits per heavy atom. The van der Waals surface area contributed by atoms with E-state index in [0.717, 1.165) is 12.1 Å². The summed E-state index contributed by atoms with van der Waals surface area (Å²) in [6.45, 7) is 3.42. The highest BCUT2D eigenvalue weighted by atomic mass is 16.4. The maximum absolute atomic E-state index is 12.7. The first-order valence-electron chi connectivity index (χ1n) is 10.8. The van der Waals surface area contributed by atoms with Gasteiger partial charge in [-0.25, -0.2) is 0 Å². The summed E-state index contributed by atoms with van der Waals surface area (Å²) < 4.78 is 11.1. The molecule has 0 saturated carbocycles. The number of benzene rings is 1. The number of nitriles is 1.